The van der Waals surface area contributed by atoms with Crippen LogP contribution in [0.1, 0.15) is 43.1 Å². The number of carbonyl (C=O) groups is 1. The largest absolute Gasteiger partial charge is 0.478 e. The average Bonchev–Trinajstić information content (AvgIpc) is 2.38. The second-order valence-electron chi connectivity index (χ2n) is 5.27. The monoisotopic (exact) mass is 265 g/mol. The molecule has 0 amide bonds. The van der Waals surface area contributed by atoms with Crippen molar-refractivity contribution < 1.29 is 15.0 Å². The van der Waals surface area contributed by atoms with Gasteiger partial charge in [0.05, 0.1) is 11.2 Å². The summed E-state index contributed by atoms with van der Waals surface area (Å²) < 4.78 is 0. The average molecular weight is 265 g/mol. The lowest BCUT2D eigenvalue weighted by molar-refractivity contribution is 0.00534. The summed E-state index contributed by atoms with van der Waals surface area (Å²) in [5.74, 6) is -0.686. The Morgan fingerprint density at radius 3 is 2.42 bits per heavy atom. The molecule has 1 rings (SSSR count). The van der Waals surface area contributed by atoms with Gasteiger partial charge in [-0.3, -0.25) is 0 Å². The molecule has 0 radical (unpaired) electrons. The molecule has 0 aromatic heterocycles. The summed E-state index contributed by atoms with van der Waals surface area (Å²) in [6, 6.07) is 6.75. The highest BCUT2D eigenvalue weighted by molar-refractivity contribution is 5.87. The summed E-state index contributed by atoms with van der Waals surface area (Å²) in [4.78, 5) is 10.7. The lowest BCUT2D eigenvalue weighted by atomic mass is 9.88. The van der Waals surface area contributed by atoms with Gasteiger partial charge in [0.2, 0.25) is 0 Å². The number of hydrogen-bond acceptors (Lipinski definition) is 3. The van der Waals surface area contributed by atoms with Crippen molar-refractivity contribution in [3.05, 3.63) is 35.4 Å². The number of rotatable bonds is 7. The van der Waals surface area contributed by atoms with Crippen LogP contribution < -0.4 is 5.32 Å². The molecule has 0 aliphatic heterocycles. The Hall–Kier alpha value is -1.39. The Morgan fingerprint density at radius 2 is 1.95 bits per heavy atom. The number of aliphatic hydroxyl groups is 1. The molecule has 0 bridgehead atoms. The fraction of sp³-hybridized carbons (Fsp3) is 0.533. The minimum Gasteiger partial charge on any atom is -0.478 e. The SMILES string of the molecule is CCC(C)C(C)(O)CNCc1ccc(C(=O)O)cc1. The van der Waals surface area contributed by atoms with Gasteiger partial charge >= 0.3 is 5.97 Å². The lowest BCUT2D eigenvalue weighted by Gasteiger charge is -2.30. The van der Waals surface area contributed by atoms with Crippen LogP contribution in [0.15, 0.2) is 24.3 Å². The third-order valence-electron chi connectivity index (χ3n) is 3.69. The Labute approximate surface area is 114 Å². The molecule has 4 nitrogen and oxygen atoms in total. The molecule has 3 N–H and O–H groups in total. The van der Waals surface area contributed by atoms with E-state index >= 15 is 0 Å². The maximum absolute atomic E-state index is 10.7. The molecule has 0 spiro atoms. The van der Waals surface area contributed by atoms with Crippen molar-refractivity contribution in [3.8, 4) is 0 Å². The highest BCUT2D eigenvalue weighted by Crippen LogP contribution is 2.19. The Bertz CT molecular complexity index is 412. The topological polar surface area (TPSA) is 69.6 Å². The Kier molecular flexibility index (Phi) is 5.51. The van der Waals surface area contributed by atoms with Crippen molar-refractivity contribution in [3.63, 3.8) is 0 Å². The molecule has 0 saturated carbocycles. The van der Waals surface area contributed by atoms with Crippen molar-refractivity contribution in [2.45, 2.75) is 39.3 Å². The summed E-state index contributed by atoms with van der Waals surface area (Å²) in [7, 11) is 0. The highest BCUT2D eigenvalue weighted by atomic mass is 16.4. The van der Waals surface area contributed by atoms with Crippen LogP contribution in [0.25, 0.3) is 0 Å². The van der Waals surface area contributed by atoms with Crippen molar-refractivity contribution in [1.29, 1.82) is 0 Å². The predicted octanol–water partition coefficient (Wildman–Crippen LogP) is 2.27. The summed E-state index contributed by atoms with van der Waals surface area (Å²) in [6.07, 6.45) is 0.933. The first-order valence-electron chi connectivity index (χ1n) is 6.62. The molecule has 1 aromatic rings. The van der Waals surface area contributed by atoms with Gasteiger partial charge in [0.25, 0.3) is 0 Å². The molecule has 2 unspecified atom stereocenters. The molecular weight excluding hydrogens is 242 g/mol. The molecule has 0 aliphatic carbocycles. The van der Waals surface area contributed by atoms with Crippen LogP contribution in [-0.2, 0) is 6.54 Å². The van der Waals surface area contributed by atoms with Crippen LogP contribution in [-0.4, -0.2) is 28.3 Å². The van der Waals surface area contributed by atoms with E-state index in [1.807, 2.05) is 13.8 Å². The zero-order valence-corrected chi connectivity index (χ0v) is 11.8. The van der Waals surface area contributed by atoms with Gasteiger partial charge in [-0.15, -0.1) is 0 Å². The van der Waals surface area contributed by atoms with Crippen LogP contribution >= 0.6 is 0 Å². The molecule has 19 heavy (non-hydrogen) atoms. The Morgan fingerprint density at radius 1 is 1.37 bits per heavy atom. The number of carboxylic acids is 1. The van der Waals surface area contributed by atoms with E-state index in [9.17, 15) is 9.90 Å². The molecule has 4 heteroatoms. The molecule has 0 aliphatic rings. The maximum atomic E-state index is 10.7. The summed E-state index contributed by atoms with van der Waals surface area (Å²) in [5.41, 5.74) is 0.566. The van der Waals surface area contributed by atoms with Gasteiger partial charge in [-0.1, -0.05) is 32.4 Å². The zero-order chi connectivity index (χ0) is 14.5. The lowest BCUT2D eigenvalue weighted by Crippen LogP contribution is -2.42. The minimum absolute atomic E-state index is 0.231. The van der Waals surface area contributed by atoms with Gasteiger partial charge in [0, 0.05) is 13.1 Å². The molecule has 1 aromatic carbocycles. The van der Waals surface area contributed by atoms with Crippen molar-refractivity contribution >= 4 is 5.97 Å². The van der Waals surface area contributed by atoms with E-state index in [0.717, 1.165) is 12.0 Å². The maximum Gasteiger partial charge on any atom is 0.335 e. The Balaban J connectivity index is 2.47. The molecule has 0 fully saturated rings. The fourth-order valence-corrected chi connectivity index (χ4v) is 1.84. The zero-order valence-electron chi connectivity index (χ0n) is 11.8. The fourth-order valence-electron chi connectivity index (χ4n) is 1.84. The molecule has 106 valence electrons. The third kappa shape index (κ3) is 4.65. The van der Waals surface area contributed by atoms with Crippen LogP contribution in [0.2, 0.25) is 0 Å². The summed E-state index contributed by atoms with van der Waals surface area (Å²) in [5, 5.41) is 22.2. The number of aromatic carboxylic acids is 1. The van der Waals surface area contributed by atoms with Gasteiger partial charge in [-0.25, -0.2) is 4.79 Å². The van der Waals surface area contributed by atoms with E-state index in [1.54, 1.807) is 24.3 Å². The van der Waals surface area contributed by atoms with Gasteiger partial charge in [-0.05, 0) is 30.5 Å². The van der Waals surface area contributed by atoms with E-state index in [2.05, 4.69) is 12.2 Å². The summed E-state index contributed by atoms with van der Waals surface area (Å²) in [6.45, 7) is 7.06. The smallest absolute Gasteiger partial charge is 0.335 e. The van der Waals surface area contributed by atoms with E-state index in [0.29, 0.717) is 13.1 Å². The van der Waals surface area contributed by atoms with E-state index in [-0.39, 0.29) is 11.5 Å². The summed E-state index contributed by atoms with van der Waals surface area (Å²) >= 11 is 0. The van der Waals surface area contributed by atoms with Gasteiger partial charge < -0.3 is 15.5 Å². The van der Waals surface area contributed by atoms with Gasteiger partial charge in [0.15, 0.2) is 0 Å². The first kappa shape index (κ1) is 15.7. The molecule has 0 heterocycles. The third-order valence-corrected chi connectivity index (χ3v) is 3.69. The number of hydrogen-bond donors (Lipinski definition) is 3. The minimum atomic E-state index is -0.917. The van der Waals surface area contributed by atoms with Crippen LogP contribution in [0.3, 0.4) is 0 Å². The number of nitrogens with one attached hydrogen (secondary N) is 1. The standard InChI is InChI=1S/C15H23NO3/c1-4-11(2)15(3,19)10-16-9-12-5-7-13(8-6-12)14(17)18/h5-8,11,16,19H,4,9-10H2,1-3H3,(H,17,18). The van der Waals surface area contributed by atoms with E-state index in [1.165, 1.54) is 0 Å². The van der Waals surface area contributed by atoms with Gasteiger partial charge in [0.1, 0.15) is 0 Å². The first-order valence-corrected chi connectivity index (χ1v) is 6.62. The molecule has 2 atom stereocenters. The normalized spacial score (nSPS) is 15.8. The van der Waals surface area contributed by atoms with Crippen molar-refractivity contribution in [1.82, 2.24) is 5.32 Å². The second-order valence-corrected chi connectivity index (χ2v) is 5.27. The van der Waals surface area contributed by atoms with Crippen LogP contribution in [0.5, 0.6) is 0 Å². The molecular formula is C15H23NO3. The predicted molar refractivity (Wildman–Crippen MR) is 75.2 cm³/mol. The second kappa shape index (κ2) is 6.68. The van der Waals surface area contributed by atoms with Crippen LogP contribution in [0, 0.1) is 5.92 Å². The van der Waals surface area contributed by atoms with Crippen molar-refractivity contribution in [2.75, 3.05) is 6.54 Å². The first-order chi connectivity index (χ1) is 8.86. The van der Waals surface area contributed by atoms with E-state index in [4.69, 9.17) is 5.11 Å². The van der Waals surface area contributed by atoms with Crippen molar-refractivity contribution in [2.24, 2.45) is 5.92 Å². The van der Waals surface area contributed by atoms with Crippen LogP contribution in [0.4, 0.5) is 0 Å². The molecule has 0 saturated heterocycles. The highest BCUT2D eigenvalue weighted by Gasteiger charge is 2.26. The quantitative estimate of drug-likeness (QED) is 0.707. The van der Waals surface area contributed by atoms with E-state index < -0.39 is 11.6 Å². The number of benzene rings is 1. The number of carboxylic acid groups (broad SMARTS) is 1. The van der Waals surface area contributed by atoms with Gasteiger partial charge in [-0.2, -0.15) is 0 Å².